The van der Waals surface area contributed by atoms with Crippen LogP contribution in [0.25, 0.3) is 22.0 Å². The summed E-state index contributed by atoms with van der Waals surface area (Å²) in [6, 6.07) is 8.94. The molecule has 0 bridgehead atoms. The van der Waals surface area contributed by atoms with E-state index in [2.05, 4.69) is 21.4 Å². The van der Waals surface area contributed by atoms with Crippen LogP contribution in [0.3, 0.4) is 0 Å². The van der Waals surface area contributed by atoms with E-state index in [9.17, 15) is 10.1 Å². The Balaban J connectivity index is 2.17. The Bertz CT molecular complexity index is 1040. The average molecular weight is 364 g/mol. The molecule has 0 saturated heterocycles. The Kier molecular flexibility index (Phi) is 5.04. The summed E-state index contributed by atoms with van der Waals surface area (Å²) in [6.07, 6.45) is 2.42. The van der Waals surface area contributed by atoms with Gasteiger partial charge in [0, 0.05) is 48.1 Å². The van der Waals surface area contributed by atoms with Gasteiger partial charge in [-0.15, -0.1) is 0 Å². The highest BCUT2D eigenvalue weighted by Crippen LogP contribution is 2.37. The van der Waals surface area contributed by atoms with Gasteiger partial charge in [-0.3, -0.25) is 4.98 Å². The van der Waals surface area contributed by atoms with Crippen LogP contribution in [0.5, 0.6) is 17.4 Å². The fraction of sp³-hybridized carbons (Fsp3) is 0.158. The summed E-state index contributed by atoms with van der Waals surface area (Å²) in [6.45, 7) is 0. The largest absolute Gasteiger partial charge is 0.493 e. The van der Waals surface area contributed by atoms with Crippen LogP contribution in [0.15, 0.2) is 36.7 Å². The molecule has 1 aromatic carbocycles. The van der Waals surface area contributed by atoms with Gasteiger partial charge in [0.15, 0.2) is 11.5 Å². The number of hydrogen-bond donors (Lipinski definition) is 1. The molecule has 3 aromatic rings. The second kappa shape index (κ2) is 7.58. The Morgan fingerprint density at radius 2 is 1.85 bits per heavy atom. The van der Waals surface area contributed by atoms with E-state index < -0.39 is 6.09 Å². The van der Waals surface area contributed by atoms with Gasteiger partial charge in [0.2, 0.25) is 5.88 Å². The van der Waals surface area contributed by atoms with E-state index in [0.29, 0.717) is 39.1 Å². The third-order valence-corrected chi connectivity index (χ3v) is 3.92. The lowest BCUT2D eigenvalue weighted by atomic mass is 9.98. The van der Waals surface area contributed by atoms with Gasteiger partial charge < -0.3 is 19.5 Å². The fourth-order valence-corrected chi connectivity index (χ4v) is 2.65. The molecule has 1 amide bonds. The van der Waals surface area contributed by atoms with E-state index in [0.717, 1.165) is 0 Å². The van der Waals surface area contributed by atoms with Gasteiger partial charge in [0.1, 0.15) is 6.07 Å². The van der Waals surface area contributed by atoms with E-state index in [4.69, 9.17) is 14.2 Å². The number of rotatable bonds is 4. The van der Waals surface area contributed by atoms with Crippen LogP contribution in [0, 0.1) is 11.3 Å². The number of ether oxygens (including phenoxy) is 3. The molecule has 1 N–H and O–H groups in total. The lowest BCUT2D eigenvalue weighted by Gasteiger charge is -2.13. The van der Waals surface area contributed by atoms with Crippen LogP contribution in [0.4, 0.5) is 4.79 Å². The molecule has 8 heteroatoms. The lowest BCUT2D eigenvalue weighted by molar-refractivity contribution is 0.201. The minimum Gasteiger partial charge on any atom is -0.493 e. The SMILES string of the molecule is CNC(=O)Oc1ccc(-c2c(C#N)cnc3cc(OC)c(OC)cc23)cn1. The second-order valence-corrected chi connectivity index (χ2v) is 5.41. The van der Waals surface area contributed by atoms with Crippen LogP contribution in [0.2, 0.25) is 0 Å². The van der Waals surface area contributed by atoms with Crippen molar-refractivity contribution in [2.24, 2.45) is 0 Å². The molecule has 0 spiro atoms. The number of hydrogen-bond acceptors (Lipinski definition) is 7. The number of nitriles is 1. The van der Waals surface area contributed by atoms with Crippen molar-refractivity contribution in [2.45, 2.75) is 0 Å². The van der Waals surface area contributed by atoms with E-state index in [1.807, 2.05) is 0 Å². The number of fused-ring (bicyclic) bond motifs is 1. The van der Waals surface area contributed by atoms with Gasteiger partial charge in [-0.25, -0.2) is 9.78 Å². The number of carbonyl (C=O) groups is 1. The van der Waals surface area contributed by atoms with Gasteiger partial charge in [-0.1, -0.05) is 0 Å². The van der Waals surface area contributed by atoms with Crippen molar-refractivity contribution in [2.75, 3.05) is 21.3 Å². The maximum Gasteiger partial charge on any atom is 0.413 e. The first-order valence-electron chi connectivity index (χ1n) is 7.92. The summed E-state index contributed by atoms with van der Waals surface area (Å²) in [5.41, 5.74) is 2.36. The van der Waals surface area contributed by atoms with E-state index in [1.54, 1.807) is 31.4 Å². The Hall–Kier alpha value is -3.86. The maximum absolute atomic E-state index is 11.3. The van der Waals surface area contributed by atoms with Crippen molar-refractivity contribution in [1.29, 1.82) is 5.26 Å². The molecule has 0 fully saturated rings. The number of carbonyl (C=O) groups excluding carboxylic acids is 1. The highest BCUT2D eigenvalue weighted by atomic mass is 16.6. The number of nitrogens with zero attached hydrogens (tertiary/aromatic N) is 3. The summed E-state index contributed by atoms with van der Waals surface area (Å²) in [7, 11) is 4.54. The molecule has 2 aromatic heterocycles. The smallest absolute Gasteiger partial charge is 0.413 e. The first kappa shape index (κ1) is 17.9. The molecule has 0 atom stereocenters. The van der Waals surface area contributed by atoms with E-state index >= 15 is 0 Å². The summed E-state index contributed by atoms with van der Waals surface area (Å²) < 4.78 is 15.7. The van der Waals surface area contributed by atoms with Crippen LogP contribution in [-0.4, -0.2) is 37.3 Å². The normalized spacial score (nSPS) is 10.1. The summed E-state index contributed by atoms with van der Waals surface area (Å²) in [5.74, 6) is 1.21. The van der Waals surface area contributed by atoms with Crippen molar-refractivity contribution in [3.05, 3.63) is 42.2 Å². The second-order valence-electron chi connectivity index (χ2n) is 5.41. The summed E-state index contributed by atoms with van der Waals surface area (Å²) >= 11 is 0. The van der Waals surface area contributed by atoms with Gasteiger partial charge >= 0.3 is 6.09 Å². The quantitative estimate of drug-likeness (QED) is 0.758. The first-order chi connectivity index (χ1) is 13.1. The van der Waals surface area contributed by atoms with Gasteiger partial charge in [0.05, 0.1) is 25.3 Å². The highest BCUT2D eigenvalue weighted by Gasteiger charge is 2.16. The molecule has 0 unspecified atom stereocenters. The Morgan fingerprint density at radius 1 is 1.11 bits per heavy atom. The number of pyridine rings is 2. The molecular weight excluding hydrogens is 348 g/mol. The van der Waals surface area contributed by atoms with Crippen LogP contribution in [-0.2, 0) is 0 Å². The molecule has 136 valence electrons. The van der Waals surface area contributed by atoms with Crippen molar-refractivity contribution in [3.63, 3.8) is 0 Å². The van der Waals surface area contributed by atoms with Crippen molar-refractivity contribution in [1.82, 2.24) is 15.3 Å². The fourth-order valence-electron chi connectivity index (χ4n) is 2.65. The van der Waals surface area contributed by atoms with Gasteiger partial charge in [-0.2, -0.15) is 5.26 Å². The lowest BCUT2D eigenvalue weighted by Crippen LogP contribution is -2.22. The number of aromatic nitrogens is 2. The number of benzene rings is 1. The molecule has 0 radical (unpaired) electrons. The predicted octanol–water partition coefficient (Wildman–Crippen LogP) is 2.90. The van der Waals surface area contributed by atoms with E-state index in [1.165, 1.54) is 26.6 Å². The first-order valence-corrected chi connectivity index (χ1v) is 7.92. The number of nitrogens with one attached hydrogen (secondary N) is 1. The summed E-state index contributed by atoms with van der Waals surface area (Å²) in [4.78, 5) is 19.8. The standard InChI is InChI=1S/C19H16N4O4/c1-21-19(24)27-17-5-4-11(9-23-17)18-12(8-20)10-22-14-7-16(26-3)15(25-2)6-13(14)18/h4-7,9-10H,1-3H3,(H,21,24). The van der Waals surface area contributed by atoms with Crippen molar-refractivity contribution >= 4 is 17.0 Å². The zero-order valence-corrected chi connectivity index (χ0v) is 14.9. The van der Waals surface area contributed by atoms with Crippen LogP contribution < -0.4 is 19.5 Å². The molecule has 27 heavy (non-hydrogen) atoms. The molecule has 0 aliphatic carbocycles. The topological polar surface area (TPSA) is 106 Å². The molecular formula is C19H16N4O4. The average Bonchev–Trinajstić information content (AvgIpc) is 2.72. The van der Waals surface area contributed by atoms with Gasteiger partial charge in [0.25, 0.3) is 0 Å². The zero-order valence-electron chi connectivity index (χ0n) is 14.9. The minimum atomic E-state index is -0.612. The van der Waals surface area contributed by atoms with Crippen LogP contribution in [0.1, 0.15) is 5.56 Å². The van der Waals surface area contributed by atoms with Gasteiger partial charge in [-0.05, 0) is 12.1 Å². The molecule has 8 nitrogen and oxygen atoms in total. The Labute approximate surface area is 155 Å². The number of amides is 1. The molecule has 0 saturated carbocycles. The van der Waals surface area contributed by atoms with E-state index in [-0.39, 0.29) is 5.88 Å². The Morgan fingerprint density at radius 3 is 2.44 bits per heavy atom. The third kappa shape index (κ3) is 3.43. The molecule has 0 aliphatic rings. The molecule has 3 rings (SSSR count). The third-order valence-electron chi connectivity index (χ3n) is 3.92. The predicted molar refractivity (Wildman–Crippen MR) is 97.9 cm³/mol. The van der Waals surface area contributed by atoms with Crippen molar-refractivity contribution in [3.8, 4) is 34.6 Å². The van der Waals surface area contributed by atoms with Crippen molar-refractivity contribution < 1.29 is 19.0 Å². The number of methoxy groups -OCH3 is 2. The minimum absolute atomic E-state index is 0.147. The van der Waals surface area contributed by atoms with Crippen LogP contribution >= 0.6 is 0 Å². The maximum atomic E-state index is 11.3. The zero-order chi connectivity index (χ0) is 19.4. The molecule has 0 aliphatic heterocycles. The monoisotopic (exact) mass is 364 g/mol. The molecule has 2 heterocycles. The highest BCUT2D eigenvalue weighted by molar-refractivity contribution is 5.98. The summed E-state index contributed by atoms with van der Waals surface area (Å²) in [5, 5.41) is 12.6.